The molecule has 0 aromatic carbocycles. The van der Waals surface area contributed by atoms with E-state index >= 15 is 0 Å². The first-order chi connectivity index (χ1) is 9.72. The highest BCUT2D eigenvalue weighted by Crippen LogP contribution is 2.28. The summed E-state index contributed by atoms with van der Waals surface area (Å²) >= 11 is 0. The van der Waals surface area contributed by atoms with Crippen LogP contribution < -0.4 is 5.32 Å². The van der Waals surface area contributed by atoms with E-state index in [4.69, 9.17) is 4.74 Å². The summed E-state index contributed by atoms with van der Waals surface area (Å²) in [7, 11) is 2.21. The molecule has 1 fully saturated rings. The molecule has 1 aliphatic rings. The fraction of sp³-hybridized carbons (Fsp3) is 0.800. The van der Waals surface area contributed by atoms with Crippen molar-refractivity contribution in [3.05, 3.63) is 12.4 Å². The van der Waals surface area contributed by atoms with Crippen molar-refractivity contribution in [2.75, 3.05) is 38.7 Å². The molecule has 1 aliphatic heterocycles. The van der Waals surface area contributed by atoms with Gasteiger partial charge in [0.2, 0.25) is 5.95 Å². The van der Waals surface area contributed by atoms with Crippen molar-refractivity contribution in [1.82, 2.24) is 14.5 Å². The minimum absolute atomic E-state index is 0.568. The van der Waals surface area contributed by atoms with Crippen molar-refractivity contribution in [2.45, 2.75) is 45.2 Å². The maximum atomic E-state index is 5.35. The Balaban J connectivity index is 1.85. The molecular weight excluding hydrogens is 252 g/mol. The van der Waals surface area contributed by atoms with Gasteiger partial charge in [0.25, 0.3) is 0 Å². The molecule has 1 N–H and O–H groups in total. The lowest BCUT2D eigenvalue weighted by Gasteiger charge is -2.36. The zero-order valence-corrected chi connectivity index (χ0v) is 13.0. The average Bonchev–Trinajstić information content (AvgIpc) is 2.90. The highest BCUT2D eigenvalue weighted by molar-refractivity contribution is 5.26. The van der Waals surface area contributed by atoms with Gasteiger partial charge in [-0.05, 0) is 40.2 Å². The third-order valence-corrected chi connectivity index (χ3v) is 4.20. The Bertz CT molecular complexity index is 393. The molecule has 1 aromatic heterocycles. The van der Waals surface area contributed by atoms with Crippen LogP contribution in [0.3, 0.4) is 0 Å². The normalized spacial score (nSPS) is 23.9. The molecule has 2 unspecified atom stereocenters. The average molecular weight is 280 g/mol. The molecule has 0 bridgehead atoms. The van der Waals surface area contributed by atoms with E-state index in [9.17, 15) is 0 Å². The molecular formula is C15H28N4O. The number of piperidine rings is 1. The number of aromatic nitrogens is 2. The van der Waals surface area contributed by atoms with Crippen molar-refractivity contribution in [2.24, 2.45) is 0 Å². The van der Waals surface area contributed by atoms with Crippen LogP contribution in [-0.2, 0) is 4.74 Å². The molecule has 2 rings (SSSR count). The molecule has 0 spiro atoms. The fourth-order valence-corrected chi connectivity index (χ4v) is 2.78. The smallest absolute Gasteiger partial charge is 0.203 e. The van der Waals surface area contributed by atoms with Crippen LogP contribution in [0.15, 0.2) is 12.4 Å². The minimum atomic E-state index is 0.568. The Morgan fingerprint density at radius 3 is 3.10 bits per heavy atom. The van der Waals surface area contributed by atoms with Gasteiger partial charge in [0.15, 0.2) is 0 Å². The monoisotopic (exact) mass is 280 g/mol. The van der Waals surface area contributed by atoms with Crippen LogP contribution in [0.25, 0.3) is 0 Å². The third kappa shape index (κ3) is 3.96. The quantitative estimate of drug-likeness (QED) is 0.779. The van der Waals surface area contributed by atoms with E-state index in [0.717, 1.165) is 38.7 Å². The molecule has 5 heteroatoms. The van der Waals surface area contributed by atoms with Crippen LogP contribution in [0.2, 0.25) is 0 Å². The predicted molar refractivity (Wildman–Crippen MR) is 82.2 cm³/mol. The first-order valence-corrected chi connectivity index (χ1v) is 7.77. The van der Waals surface area contributed by atoms with Crippen molar-refractivity contribution in [1.29, 1.82) is 0 Å². The van der Waals surface area contributed by atoms with Crippen LogP contribution in [0, 0.1) is 0 Å². The largest absolute Gasteiger partial charge is 0.382 e. The Kier molecular flexibility index (Phi) is 5.86. The zero-order valence-electron chi connectivity index (χ0n) is 13.0. The number of nitrogens with zero attached hydrogens (tertiary/aromatic N) is 3. The zero-order chi connectivity index (χ0) is 14.4. The second kappa shape index (κ2) is 7.64. The number of hydrogen-bond acceptors (Lipinski definition) is 4. The van der Waals surface area contributed by atoms with E-state index in [-0.39, 0.29) is 0 Å². The van der Waals surface area contributed by atoms with Crippen molar-refractivity contribution in [3.8, 4) is 0 Å². The molecule has 5 nitrogen and oxygen atoms in total. The Hall–Kier alpha value is -1.07. The van der Waals surface area contributed by atoms with Gasteiger partial charge in [-0.25, -0.2) is 4.98 Å². The summed E-state index contributed by atoms with van der Waals surface area (Å²) in [6.45, 7) is 8.02. The second-order valence-electron chi connectivity index (χ2n) is 5.64. The highest BCUT2D eigenvalue weighted by Gasteiger charge is 2.25. The molecule has 0 radical (unpaired) electrons. The number of anilines is 1. The summed E-state index contributed by atoms with van der Waals surface area (Å²) in [5.74, 6) is 1.00. The van der Waals surface area contributed by atoms with Crippen LogP contribution in [-0.4, -0.2) is 53.8 Å². The van der Waals surface area contributed by atoms with Gasteiger partial charge in [0, 0.05) is 50.8 Å². The van der Waals surface area contributed by atoms with Crippen molar-refractivity contribution < 1.29 is 4.74 Å². The summed E-state index contributed by atoms with van der Waals surface area (Å²) in [5.41, 5.74) is 0. The number of imidazole rings is 1. The van der Waals surface area contributed by atoms with E-state index in [1.165, 1.54) is 12.8 Å². The van der Waals surface area contributed by atoms with Crippen LogP contribution in [0.5, 0.6) is 0 Å². The van der Waals surface area contributed by atoms with Gasteiger partial charge in [0.05, 0.1) is 0 Å². The molecule has 0 amide bonds. The molecule has 20 heavy (non-hydrogen) atoms. The summed E-state index contributed by atoms with van der Waals surface area (Å²) in [6.07, 6.45) is 7.41. The fourth-order valence-electron chi connectivity index (χ4n) is 2.78. The summed E-state index contributed by atoms with van der Waals surface area (Å²) in [5, 5.41) is 3.43. The number of nitrogens with one attached hydrogen (secondary N) is 1. The molecule has 0 aliphatic carbocycles. The first kappa shape index (κ1) is 15.3. The minimum Gasteiger partial charge on any atom is -0.382 e. The van der Waals surface area contributed by atoms with Gasteiger partial charge in [-0.2, -0.15) is 0 Å². The molecule has 114 valence electrons. The maximum absolute atomic E-state index is 5.35. The SMILES string of the molecule is CCOCCCNc1nccn1C1CCN(C)C(C)C1. The van der Waals surface area contributed by atoms with Crippen molar-refractivity contribution >= 4 is 5.95 Å². The lowest BCUT2D eigenvalue weighted by Crippen LogP contribution is -2.38. The Morgan fingerprint density at radius 1 is 1.50 bits per heavy atom. The van der Waals surface area contributed by atoms with Gasteiger partial charge in [-0.3, -0.25) is 0 Å². The second-order valence-corrected chi connectivity index (χ2v) is 5.64. The molecule has 2 atom stereocenters. The van der Waals surface area contributed by atoms with E-state index in [1.807, 2.05) is 13.1 Å². The molecule has 1 aromatic rings. The number of ether oxygens (including phenoxy) is 1. The van der Waals surface area contributed by atoms with E-state index < -0.39 is 0 Å². The maximum Gasteiger partial charge on any atom is 0.203 e. The van der Waals surface area contributed by atoms with Gasteiger partial charge >= 0.3 is 0 Å². The van der Waals surface area contributed by atoms with Crippen LogP contribution in [0.4, 0.5) is 5.95 Å². The van der Waals surface area contributed by atoms with Gasteiger partial charge in [-0.15, -0.1) is 0 Å². The topological polar surface area (TPSA) is 42.3 Å². The number of hydrogen-bond donors (Lipinski definition) is 1. The standard InChI is InChI=1S/C15H28N4O/c1-4-20-11-5-7-16-15-17-8-10-19(15)14-6-9-18(3)13(2)12-14/h8,10,13-14H,4-7,9,11-12H2,1-3H3,(H,16,17). The Labute approximate surface area is 122 Å². The van der Waals surface area contributed by atoms with Gasteiger partial charge in [0.1, 0.15) is 0 Å². The summed E-state index contributed by atoms with van der Waals surface area (Å²) < 4.78 is 7.66. The Morgan fingerprint density at radius 2 is 2.35 bits per heavy atom. The third-order valence-electron chi connectivity index (χ3n) is 4.20. The molecule has 1 saturated heterocycles. The van der Waals surface area contributed by atoms with Crippen LogP contribution >= 0.6 is 0 Å². The predicted octanol–water partition coefficient (Wildman–Crippen LogP) is 2.38. The molecule has 0 saturated carbocycles. The van der Waals surface area contributed by atoms with E-state index in [2.05, 4.69) is 39.9 Å². The van der Waals surface area contributed by atoms with Gasteiger partial charge < -0.3 is 19.5 Å². The van der Waals surface area contributed by atoms with Crippen molar-refractivity contribution in [3.63, 3.8) is 0 Å². The molecule has 2 heterocycles. The van der Waals surface area contributed by atoms with Crippen LogP contribution in [0.1, 0.15) is 39.2 Å². The lowest BCUT2D eigenvalue weighted by atomic mass is 9.99. The number of rotatable bonds is 7. The summed E-state index contributed by atoms with van der Waals surface area (Å²) in [4.78, 5) is 6.88. The van der Waals surface area contributed by atoms with Gasteiger partial charge in [-0.1, -0.05) is 0 Å². The van der Waals surface area contributed by atoms with E-state index in [0.29, 0.717) is 12.1 Å². The number of likely N-dealkylation sites (tertiary alicyclic amines) is 1. The summed E-state index contributed by atoms with van der Waals surface area (Å²) in [6, 6.07) is 1.21. The lowest BCUT2D eigenvalue weighted by molar-refractivity contribution is 0.147. The van der Waals surface area contributed by atoms with E-state index in [1.54, 1.807) is 0 Å². The highest BCUT2D eigenvalue weighted by atomic mass is 16.5. The first-order valence-electron chi connectivity index (χ1n) is 7.77.